The van der Waals surface area contributed by atoms with E-state index in [0.717, 1.165) is 5.56 Å². The number of oxime groups is 1. The lowest BCUT2D eigenvalue weighted by Crippen LogP contribution is -2.31. The molecule has 0 aromatic heterocycles. The number of hydrogen-bond acceptors (Lipinski definition) is 6. The lowest BCUT2D eigenvalue weighted by atomic mass is 10.1. The molecule has 1 rings (SSSR count). The van der Waals surface area contributed by atoms with Gasteiger partial charge in [-0.25, -0.2) is 0 Å². The van der Waals surface area contributed by atoms with Gasteiger partial charge in [-0.3, -0.25) is 0 Å². The molecule has 1 atom stereocenters. The first-order valence-electron chi connectivity index (χ1n) is 6.53. The van der Waals surface area contributed by atoms with Crippen LogP contribution < -0.4 is 15.8 Å². The predicted molar refractivity (Wildman–Crippen MR) is 79.9 cm³/mol. The van der Waals surface area contributed by atoms with E-state index in [1.54, 1.807) is 20.3 Å². The minimum absolute atomic E-state index is 0.00297. The Morgan fingerprint density at radius 2 is 2.14 bits per heavy atom. The second kappa shape index (κ2) is 9.17. The van der Waals surface area contributed by atoms with Gasteiger partial charge in [0.1, 0.15) is 5.75 Å². The first-order chi connectivity index (χ1) is 10.2. The molecule has 7 heteroatoms. The summed E-state index contributed by atoms with van der Waals surface area (Å²) in [6.45, 7) is 1.82. The maximum atomic E-state index is 8.80. The molecule has 4 N–H and O–H groups in total. The Kier molecular flexibility index (Phi) is 7.52. The number of benzene rings is 1. The van der Waals surface area contributed by atoms with Crippen molar-refractivity contribution in [3.05, 3.63) is 29.3 Å². The molecule has 0 radical (unpaired) electrons. The van der Waals surface area contributed by atoms with Crippen LogP contribution >= 0.6 is 0 Å². The van der Waals surface area contributed by atoms with Crippen LogP contribution in [0, 0.1) is 0 Å². The van der Waals surface area contributed by atoms with Crippen LogP contribution in [0.4, 0.5) is 0 Å². The van der Waals surface area contributed by atoms with Crippen molar-refractivity contribution in [1.29, 1.82) is 0 Å². The molecule has 0 saturated heterocycles. The minimum atomic E-state index is -0.00297. The molecule has 0 saturated carbocycles. The zero-order valence-electron chi connectivity index (χ0n) is 12.6. The summed E-state index contributed by atoms with van der Waals surface area (Å²) in [5.41, 5.74) is 7.19. The van der Waals surface area contributed by atoms with Crippen LogP contribution in [-0.2, 0) is 16.0 Å². The molecule has 1 unspecified atom stereocenters. The average molecular weight is 297 g/mol. The number of ether oxygens (including phenoxy) is 3. The third-order valence-electron chi connectivity index (χ3n) is 3.03. The van der Waals surface area contributed by atoms with Gasteiger partial charge in [-0.15, -0.1) is 0 Å². The molecule has 1 aromatic carbocycles. The molecule has 7 nitrogen and oxygen atoms in total. The maximum Gasteiger partial charge on any atom is 0.173 e. The summed E-state index contributed by atoms with van der Waals surface area (Å²) in [6, 6.07) is 5.52. The van der Waals surface area contributed by atoms with Crippen LogP contribution in [0.5, 0.6) is 5.75 Å². The summed E-state index contributed by atoms with van der Waals surface area (Å²) in [6.07, 6.45) is -0.00297. The zero-order valence-corrected chi connectivity index (χ0v) is 12.6. The molecule has 118 valence electrons. The van der Waals surface area contributed by atoms with Crippen molar-refractivity contribution in [1.82, 2.24) is 5.32 Å². The Labute approximate surface area is 124 Å². The first kappa shape index (κ1) is 17.2. The van der Waals surface area contributed by atoms with E-state index in [1.807, 2.05) is 12.1 Å². The average Bonchev–Trinajstić information content (AvgIpc) is 2.53. The van der Waals surface area contributed by atoms with E-state index in [1.165, 1.54) is 7.11 Å². The molecule has 0 spiro atoms. The third kappa shape index (κ3) is 5.22. The van der Waals surface area contributed by atoms with E-state index in [4.69, 9.17) is 25.2 Å². The molecular formula is C14H23N3O4. The van der Waals surface area contributed by atoms with Crippen LogP contribution in [0.1, 0.15) is 11.1 Å². The van der Waals surface area contributed by atoms with Gasteiger partial charge in [0.05, 0.1) is 25.4 Å². The molecule has 1 aromatic rings. The number of nitrogens with zero attached hydrogens (tertiary/aromatic N) is 1. The highest BCUT2D eigenvalue weighted by Gasteiger charge is 2.10. The molecule has 0 heterocycles. The highest BCUT2D eigenvalue weighted by molar-refractivity contribution is 5.99. The third-order valence-corrected chi connectivity index (χ3v) is 3.03. The fourth-order valence-corrected chi connectivity index (χ4v) is 1.89. The van der Waals surface area contributed by atoms with E-state index in [0.29, 0.717) is 31.0 Å². The fourth-order valence-electron chi connectivity index (χ4n) is 1.89. The summed E-state index contributed by atoms with van der Waals surface area (Å²) in [5, 5.41) is 15.1. The molecular weight excluding hydrogens is 274 g/mol. The van der Waals surface area contributed by atoms with Crippen molar-refractivity contribution >= 4 is 5.84 Å². The van der Waals surface area contributed by atoms with E-state index in [-0.39, 0.29) is 11.9 Å². The second-order valence-electron chi connectivity index (χ2n) is 4.46. The van der Waals surface area contributed by atoms with Gasteiger partial charge in [0.15, 0.2) is 5.84 Å². The van der Waals surface area contributed by atoms with Gasteiger partial charge in [0.25, 0.3) is 0 Å². The molecule has 0 bridgehead atoms. The maximum absolute atomic E-state index is 8.80. The van der Waals surface area contributed by atoms with E-state index >= 15 is 0 Å². The number of methoxy groups -OCH3 is 3. The van der Waals surface area contributed by atoms with Crippen molar-refractivity contribution < 1.29 is 19.4 Å². The smallest absolute Gasteiger partial charge is 0.173 e. The van der Waals surface area contributed by atoms with Gasteiger partial charge in [-0.1, -0.05) is 11.2 Å². The SMILES string of the molecule is COCC(CNCc1ccc(OC)c(/C(N)=N/O)c1)OC. The molecule has 21 heavy (non-hydrogen) atoms. The summed E-state index contributed by atoms with van der Waals surface area (Å²) in [4.78, 5) is 0. The van der Waals surface area contributed by atoms with Crippen LogP contribution in [0.15, 0.2) is 23.4 Å². The zero-order chi connectivity index (χ0) is 15.7. The van der Waals surface area contributed by atoms with Gasteiger partial charge < -0.3 is 30.5 Å². The fraction of sp³-hybridized carbons (Fsp3) is 0.500. The quantitative estimate of drug-likeness (QED) is 0.266. The van der Waals surface area contributed by atoms with Crippen molar-refractivity contribution in [2.45, 2.75) is 12.6 Å². The Hall–Kier alpha value is -1.83. The Morgan fingerprint density at radius 3 is 2.71 bits per heavy atom. The van der Waals surface area contributed by atoms with Crippen LogP contribution in [0.2, 0.25) is 0 Å². The highest BCUT2D eigenvalue weighted by atomic mass is 16.5. The van der Waals surface area contributed by atoms with E-state index in [9.17, 15) is 0 Å². The normalized spacial score (nSPS) is 13.2. The summed E-state index contributed by atoms with van der Waals surface area (Å²) in [7, 11) is 4.82. The van der Waals surface area contributed by atoms with Gasteiger partial charge in [-0.2, -0.15) is 0 Å². The molecule has 0 fully saturated rings. The van der Waals surface area contributed by atoms with Gasteiger partial charge in [-0.05, 0) is 17.7 Å². The van der Waals surface area contributed by atoms with Crippen LogP contribution in [0.25, 0.3) is 0 Å². The number of hydrogen-bond donors (Lipinski definition) is 3. The number of rotatable bonds is 9. The van der Waals surface area contributed by atoms with Crippen molar-refractivity contribution in [2.75, 3.05) is 34.5 Å². The molecule has 0 aliphatic rings. The van der Waals surface area contributed by atoms with Crippen LogP contribution in [0.3, 0.4) is 0 Å². The van der Waals surface area contributed by atoms with E-state index in [2.05, 4.69) is 10.5 Å². The molecule has 0 aliphatic heterocycles. The Bertz CT molecular complexity index is 466. The molecule has 0 aliphatic carbocycles. The van der Waals surface area contributed by atoms with Crippen molar-refractivity contribution in [2.24, 2.45) is 10.9 Å². The monoisotopic (exact) mass is 297 g/mol. The first-order valence-corrected chi connectivity index (χ1v) is 6.53. The standard InChI is InChI=1S/C14H23N3O4/c1-19-9-11(20-2)8-16-7-10-4-5-13(21-3)12(6-10)14(15)17-18/h4-6,11,16,18H,7-9H2,1-3H3,(H2,15,17). The number of nitrogens with two attached hydrogens (primary N) is 1. The lowest BCUT2D eigenvalue weighted by molar-refractivity contribution is 0.0288. The lowest BCUT2D eigenvalue weighted by Gasteiger charge is -2.15. The molecule has 0 amide bonds. The summed E-state index contributed by atoms with van der Waals surface area (Å²) < 4.78 is 15.5. The van der Waals surface area contributed by atoms with Gasteiger partial charge >= 0.3 is 0 Å². The highest BCUT2D eigenvalue weighted by Crippen LogP contribution is 2.19. The van der Waals surface area contributed by atoms with Crippen LogP contribution in [-0.4, -0.2) is 51.6 Å². The second-order valence-corrected chi connectivity index (χ2v) is 4.46. The predicted octanol–water partition coefficient (Wildman–Crippen LogP) is 0.541. The number of amidine groups is 1. The van der Waals surface area contributed by atoms with Crippen molar-refractivity contribution in [3.63, 3.8) is 0 Å². The van der Waals surface area contributed by atoms with Gasteiger partial charge in [0, 0.05) is 27.3 Å². The number of nitrogens with one attached hydrogen (secondary N) is 1. The topological polar surface area (TPSA) is 98.3 Å². The van der Waals surface area contributed by atoms with E-state index < -0.39 is 0 Å². The largest absolute Gasteiger partial charge is 0.496 e. The minimum Gasteiger partial charge on any atom is -0.496 e. The van der Waals surface area contributed by atoms with Gasteiger partial charge in [0.2, 0.25) is 0 Å². The Morgan fingerprint density at radius 1 is 1.38 bits per heavy atom. The van der Waals surface area contributed by atoms with Crippen molar-refractivity contribution in [3.8, 4) is 5.75 Å². The Balaban J connectivity index is 2.68. The summed E-state index contributed by atoms with van der Waals surface area (Å²) >= 11 is 0. The summed E-state index contributed by atoms with van der Waals surface area (Å²) in [5.74, 6) is 0.575.